The second-order valence-corrected chi connectivity index (χ2v) is 6.46. The minimum atomic E-state index is -0.0699. The molecule has 0 bridgehead atoms. The van der Waals surface area contributed by atoms with E-state index in [1.54, 1.807) is 25.3 Å². The summed E-state index contributed by atoms with van der Waals surface area (Å²) in [6.07, 6.45) is 0.684. The summed E-state index contributed by atoms with van der Waals surface area (Å²) in [6.45, 7) is 3.04. The van der Waals surface area contributed by atoms with Crippen molar-refractivity contribution in [3.63, 3.8) is 0 Å². The smallest absolute Gasteiger partial charge is 0.184 e. The molecule has 4 rings (SSSR count). The van der Waals surface area contributed by atoms with Crippen LogP contribution in [0.1, 0.15) is 5.56 Å². The lowest BCUT2D eigenvalue weighted by molar-refractivity contribution is -0.0819. The molecule has 1 saturated heterocycles. The van der Waals surface area contributed by atoms with Gasteiger partial charge in [-0.25, -0.2) is 0 Å². The van der Waals surface area contributed by atoms with Crippen LogP contribution >= 0.6 is 0 Å². The maximum atomic E-state index is 12.3. The van der Waals surface area contributed by atoms with Crippen LogP contribution in [0.2, 0.25) is 0 Å². The Morgan fingerprint density at radius 2 is 2.23 bits per heavy atom. The summed E-state index contributed by atoms with van der Waals surface area (Å²) in [5, 5.41) is 13.4. The maximum absolute atomic E-state index is 12.3. The predicted octanol–water partition coefficient (Wildman–Crippen LogP) is 1.61. The zero-order valence-electron chi connectivity index (χ0n) is 14.7. The van der Waals surface area contributed by atoms with Crippen molar-refractivity contribution < 1.29 is 19.3 Å². The minimum Gasteiger partial charge on any atom is -0.504 e. The zero-order chi connectivity index (χ0) is 18.1. The summed E-state index contributed by atoms with van der Waals surface area (Å²) in [5.41, 5.74) is 2.58. The first-order valence-corrected chi connectivity index (χ1v) is 8.74. The van der Waals surface area contributed by atoms with Gasteiger partial charge < -0.3 is 29.2 Å². The molecule has 7 nitrogen and oxygen atoms in total. The van der Waals surface area contributed by atoms with Gasteiger partial charge in [-0.1, -0.05) is 0 Å². The molecule has 2 aliphatic rings. The fourth-order valence-corrected chi connectivity index (χ4v) is 3.64. The van der Waals surface area contributed by atoms with E-state index in [9.17, 15) is 9.90 Å². The summed E-state index contributed by atoms with van der Waals surface area (Å²) >= 11 is 0. The van der Waals surface area contributed by atoms with Gasteiger partial charge in [-0.3, -0.25) is 4.79 Å². The molecule has 2 aliphatic heterocycles. The number of hydrogen-bond acceptors (Lipinski definition) is 6. The van der Waals surface area contributed by atoms with Crippen LogP contribution in [0.15, 0.2) is 29.1 Å². The van der Waals surface area contributed by atoms with Gasteiger partial charge in [0.2, 0.25) is 0 Å². The van der Waals surface area contributed by atoms with Crippen molar-refractivity contribution in [2.75, 3.05) is 38.8 Å². The molecule has 1 fully saturated rings. The number of aromatic nitrogens is 1. The van der Waals surface area contributed by atoms with E-state index in [0.29, 0.717) is 45.1 Å². The third-order valence-corrected chi connectivity index (χ3v) is 4.84. The fourth-order valence-electron chi connectivity index (χ4n) is 3.64. The third-order valence-electron chi connectivity index (χ3n) is 4.84. The summed E-state index contributed by atoms with van der Waals surface area (Å²) < 4.78 is 18.5. The van der Waals surface area contributed by atoms with Crippen LogP contribution in [0, 0.1) is 0 Å². The lowest BCUT2D eigenvalue weighted by atomic mass is 9.95. The third kappa shape index (κ3) is 3.04. The summed E-state index contributed by atoms with van der Waals surface area (Å²) in [6, 6.07) is 6.67. The Labute approximate surface area is 151 Å². The molecule has 1 aromatic carbocycles. The van der Waals surface area contributed by atoms with Gasteiger partial charge in [0.25, 0.3) is 0 Å². The average Bonchev–Trinajstić information content (AvgIpc) is 2.66. The van der Waals surface area contributed by atoms with E-state index in [0.717, 1.165) is 22.6 Å². The van der Waals surface area contributed by atoms with Gasteiger partial charge in [0, 0.05) is 36.3 Å². The molecule has 2 aromatic rings. The van der Waals surface area contributed by atoms with Crippen LogP contribution in [-0.2, 0) is 22.4 Å². The molecule has 138 valence electrons. The van der Waals surface area contributed by atoms with Crippen LogP contribution < -0.4 is 15.5 Å². The van der Waals surface area contributed by atoms with Gasteiger partial charge in [0.1, 0.15) is 5.82 Å². The Kier molecular flexibility index (Phi) is 4.57. The van der Waals surface area contributed by atoms with Crippen LogP contribution in [0.5, 0.6) is 11.5 Å². The molecule has 0 radical (unpaired) electrons. The number of nitrogens with zero attached hydrogens (tertiary/aromatic N) is 1. The zero-order valence-corrected chi connectivity index (χ0v) is 14.7. The molecular formula is C19H22N2O5. The van der Waals surface area contributed by atoms with Gasteiger partial charge in [-0.05, 0) is 18.6 Å². The molecule has 2 N–H and O–H groups in total. The molecule has 1 aromatic heterocycles. The van der Waals surface area contributed by atoms with Gasteiger partial charge in [-0.15, -0.1) is 0 Å². The van der Waals surface area contributed by atoms with E-state index >= 15 is 0 Å². The highest BCUT2D eigenvalue weighted by Gasteiger charge is 2.23. The van der Waals surface area contributed by atoms with Crippen molar-refractivity contribution in [3.05, 3.63) is 40.1 Å². The number of fused-ring (bicyclic) bond motifs is 3. The Balaban J connectivity index is 1.69. The first-order chi connectivity index (χ1) is 12.7. The Morgan fingerprint density at radius 1 is 1.35 bits per heavy atom. The van der Waals surface area contributed by atoms with E-state index in [1.807, 2.05) is 6.07 Å². The molecule has 0 saturated carbocycles. The first-order valence-electron chi connectivity index (χ1n) is 8.74. The molecule has 0 spiro atoms. The van der Waals surface area contributed by atoms with Crippen molar-refractivity contribution in [2.24, 2.45) is 0 Å². The fraction of sp³-hybridized carbons (Fsp3) is 0.421. The van der Waals surface area contributed by atoms with Crippen LogP contribution in [0.25, 0.3) is 11.3 Å². The molecule has 1 unspecified atom stereocenters. The van der Waals surface area contributed by atoms with Crippen LogP contribution in [0.4, 0.5) is 5.82 Å². The standard InChI is InChI=1S/C19H22N2O5/c1-24-19-15-4-5-21-16(14(15)2-3-17(19)23)8-12(22)9-18(21)20-10-13-11-25-6-7-26-13/h2-3,8-9,13,20,23H,4-7,10-11H2,1H3. The number of pyridine rings is 1. The molecule has 26 heavy (non-hydrogen) atoms. The summed E-state index contributed by atoms with van der Waals surface area (Å²) in [7, 11) is 1.54. The van der Waals surface area contributed by atoms with Gasteiger partial charge in [0.05, 0.1) is 38.7 Å². The largest absolute Gasteiger partial charge is 0.504 e. The van der Waals surface area contributed by atoms with Crippen molar-refractivity contribution in [1.82, 2.24) is 4.57 Å². The van der Waals surface area contributed by atoms with E-state index in [2.05, 4.69) is 9.88 Å². The Bertz CT molecular complexity index is 871. The van der Waals surface area contributed by atoms with Crippen molar-refractivity contribution in [2.45, 2.75) is 19.1 Å². The monoisotopic (exact) mass is 358 g/mol. The normalized spacial score (nSPS) is 18.7. The average molecular weight is 358 g/mol. The second kappa shape index (κ2) is 7.01. The van der Waals surface area contributed by atoms with Gasteiger partial charge in [-0.2, -0.15) is 0 Å². The second-order valence-electron chi connectivity index (χ2n) is 6.46. The SMILES string of the molecule is COc1c(O)ccc2c1CCn1c(NCC3COCCO3)cc(=O)cc1-2. The number of methoxy groups -OCH3 is 1. The molecular weight excluding hydrogens is 336 g/mol. The predicted molar refractivity (Wildman–Crippen MR) is 97.1 cm³/mol. The van der Waals surface area contributed by atoms with Gasteiger partial charge in [0.15, 0.2) is 16.9 Å². The number of anilines is 1. The van der Waals surface area contributed by atoms with Crippen molar-refractivity contribution in [1.29, 1.82) is 0 Å². The van der Waals surface area contributed by atoms with Crippen molar-refractivity contribution in [3.8, 4) is 22.8 Å². The van der Waals surface area contributed by atoms with Crippen molar-refractivity contribution >= 4 is 5.82 Å². The number of ether oxygens (including phenoxy) is 3. The van der Waals surface area contributed by atoms with E-state index in [1.165, 1.54) is 0 Å². The first kappa shape index (κ1) is 16.9. The summed E-state index contributed by atoms with van der Waals surface area (Å²) in [5.74, 6) is 1.36. The number of phenolic OH excluding ortho intramolecular Hbond substituents is 1. The van der Waals surface area contributed by atoms with Crippen LogP contribution in [0.3, 0.4) is 0 Å². The van der Waals surface area contributed by atoms with Gasteiger partial charge >= 0.3 is 0 Å². The molecule has 1 atom stereocenters. The Morgan fingerprint density at radius 3 is 3.00 bits per heavy atom. The Hall–Kier alpha value is -2.51. The molecule has 0 amide bonds. The quantitative estimate of drug-likeness (QED) is 0.864. The molecule has 0 aliphatic carbocycles. The molecule has 3 heterocycles. The number of nitrogens with one attached hydrogen (secondary N) is 1. The number of phenols is 1. The number of hydrogen-bond donors (Lipinski definition) is 2. The topological polar surface area (TPSA) is 82.0 Å². The lowest BCUT2D eigenvalue weighted by Gasteiger charge is -2.28. The van der Waals surface area contributed by atoms with E-state index in [4.69, 9.17) is 14.2 Å². The summed E-state index contributed by atoms with van der Waals surface area (Å²) in [4.78, 5) is 12.3. The highest BCUT2D eigenvalue weighted by molar-refractivity contribution is 5.73. The van der Waals surface area contributed by atoms with E-state index < -0.39 is 0 Å². The maximum Gasteiger partial charge on any atom is 0.184 e. The highest BCUT2D eigenvalue weighted by Crippen LogP contribution is 2.40. The molecule has 7 heteroatoms. The van der Waals surface area contributed by atoms with Crippen LogP contribution in [-0.4, -0.2) is 49.3 Å². The highest BCUT2D eigenvalue weighted by atomic mass is 16.6. The number of benzene rings is 1. The number of rotatable bonds is 4. The number of aromatic hydroxyl groups is 1. The minimum absolute atomic E-state index is 0.0248. The lowest BCUT2D eigenvalue weighted by Crippen LogP contribution is -2.35. The van der Waals surface area contributed by atoms with E-state index in [-0.39, 0.29) is 17.3 Å².